The van der Waals surface area contributed by atoms with Crippen molar-refractivity contribution in [3.05, 3.63) is 30.1 Å². The van der Waals surface area contributed by atoms with Crippen molar-refractivity contribution in [2.45, 2.75) is 62.9 Å². The molecule has 4 aliphatic rings. The molecule has 2 saturated heterocycles. The molecule has 3 fully saturated rings. The summed E-state index contributed by atoms with van der Waals surface area (Å²) < 4.78 is 5.77. The molecule has 1 aliphatic carbocycles. The van der Waals surface area contributed by atoms with Crippen molar-refractivity contribution in [2.24, 2.45) is 0 Å². The first-order valence-electron chi connectivity index (χ1n) is 12.7. The number of likely N-dealkylation sites (tertiary alicyclic amines) is 2. The number of hydrogen-bond acceptors (Lipinski definition) is 9. The van der Waals surface area contributed by atoms with Crippen molar-refractivity contribution in [3.63, 3.8) is 0 Å². The zero-order valence-electron chi connectivity index (χ0n) is 19.8. The van der Waals surface area contributed by atoms with Gasteiger partial charge in [-0.2, -0.15) is 4.98 Å². The van der Waals surface area contributed by atoms with Crippen LogP contribution < -0.4 is 15.4 Å². The number of hydrogen-bond donors (Lipinski definition) is 2. The smallest absolute Gasteiger partial charge is 0.256 e. The van der Waals surface area contributed by atoms with E-state index in [0.717, 1.165) is 56.6 Å². The topological polar surface area (TPSA) is 113 Å². The summed E-state index contributed by atoms with van der Waals surface area (Å²) in [6, 6.07) is 3.75. The predicted molar refractivity (Wildman–Crippen MR) is 130 cm³/mol. The SMILES string of the molecule is O=C1CC2(Cc3cnc(Nc4ccc(OCCN5CCCC5)nc4)nc3N2)C(=O)N1C1CCCC1. The number of aromatic nitrogens is 3. The number of carbonyl (C=O) groups excluding carboxylic acids is 2. The third-order valence-electron chi connectivity index (χ3n) is 7.60. The first-order chi connectivity index (χ1) is 17.1. The van der Waals surface area contributed by atoms with Crippen LogP contribution in [0, 0.1) is 0 Å². The number of amides is 2. The van der Waals surface area contributed by atoms with Gasteiger partial charge in [-0.15, -0.1) is 0 Å². The first-order valence-corrected chi connectivity index (χ1v) is 12.7. The summed E-state index contributed by atoms with van der Waals surface area (Å²) in [5.41, 5.74) is 0.666. The van der Waals surface area contributed by atoms with E-state index in [0.29, 0.717) is 30.7 Å². The molecule has 6 rings (SSSR count). The van der Waals surface area contributed by atoms with E-state index in [1.165, 1.54) is 17.7 Å². The molecule has 0 bridgehead atoms. The molecule has 5 heterocycles. The van der Waals surface area contributed by atoms with Crippen LogP contribution in [0.2, 0.25) is 0 Å². The molecule has 2 amide bonds. The maximum absolute atomic E-state index is 13.3. The lowest BCUT2D eigenvalue weighted by Gasteiger charge is -2.25. The van der Waals surface area contributed by atoms with Gasteiger partial charge in [-0.05, 0) is 44.8 Å². The average molecular weight is 478 g/mol. The number of anilines is 3. The van der Waals surface area contributed by atoms with Gasteiger partial charge in [0.05, 0.1) is 18.3 Å². The Bertz CT molecular complexity index is 1110. The summed E-state index contributed by atoms with van der Waals surface area (Å²) in [7, 11) is 0. The van der Waals surface area contributed by atoms with E-state index in [1.807, 2.05) is 12.1 Å². The van der Waals surface area contributed by atoms with E-state index < -0.39 is 5.54 Å². The zero-order valence-corrected chi connectivity index (χ0v) is 19.8. The highest BCUT2D eigenvalue weighted by Crippen LogP contribution is 2.41. The normalized spacial score (nSPS) is 24.4. The highest BCUT2D eigenvalue weighted by Gasteiger charge is 2.56. The van der Waals surface area contributed by atoms with Gasteiger partial charge in [0.1, 0.15) is 18.0 Å². The van der Waals surface area contributed by atoms with Gasteiger partial charge in [-0.3, -0.25) is 19.4 Å². The van der Waals surface area contributed by atoms with E-state index >= 15 is 0 Å². The Hall–Kier alpha value is -3.27. The van der Waals surface area contributed by atoms with Crippen molar-refractivity contribution in [1.82, 2.24) is 24.8 Å². The average Bonchev–Trinajstić information content (AvgIpc) is 3.64. The van der Waals surface area contributed by atoms with Gasteiger partial charge < -0.3 is 15.4 Å². The molecule has 35 heavy (non-hydrogen) atoms. The number of nitrogens with zero attached hydrogens (tertiary/aromatic N) is 5. The van der Waals surface area contributed by atoms with Crippen LogP contribution in [0.3, 0.4) is 0 Å². The van der Waals surface area contributed by atoms with Crippen LogP contribution in [-0.4, -0.2) is 74.4 Å². The molecule has 3 aliphatic heterocycles. The van der Waals surface area contributed by atoms with Crippen LogP contribution in [-0.2, 0) is 16.0 Å². The molecule has 2 aromatic rings. The number of fused-ring (bicyclic) bond motifs is 1. The van der Waals surface area contributed by atoms with Gasteiger partial charge in [0.15, 0.2) is 0 Å². The molecule has 1 saturated carbocycles. The molecule has 0 aromatic carbocycles. The Morgan fingerprint density at radius 2 is 1.89 bits per heavy atom. The van der Waals surface area contributed by atoms with E-state index in [4.69, 9.17) is 4.74 Å². The Morgan fingerprint density at radius 3 is 2.66 bits per heavy atom. The summed E-state index contributed by atoms with van der Waals surface area (Å²) in [6.45, 7) is 3.85. The van der Waals surface area contributed by atoms with Gasteiger partial charge in [-0.1, -0.05) is 12.8 Å². The fraction of sp³-hybridized carbons (Fsp3) is 0.560. The van der Waals surface area contributed by atoms with E-state index in [1.54, 1.807) is 12.4 Å². The van der Waals surface area contributed by atoms with Gasteiger partial charge in [0.25, 0.3) is 5.91 Å². The van der Waals surface area contributed by atoms with Gasteiger partial charge in [-0.25, -0.2) is 9.97 Å². The third kappa shape index (κ3) is 4.31. The molecule has 1 atom stereocenters. The van der Waals surface area contributed by atoms with Crippen molar-refractivity contribution in [3.8, 4) is 5.88 Å². The maximum Gasteiger partial charge on any atom is 0.256 e. The molecular formula is C25H31N7O3. The summed E-state index contributed by atoms with van der Waals surface area (Å²) >= 11 is 0. The predicted octanol–water partition coefficient (Wildman–Crippen LogP) is 2.50. The van der Waals surface area contributed by atoms with Crippen LogP contribution in [0.5, 0.6) is 5.88 Å². The quantitative estimate of drug-likeness (QED) is 0.581. The molecule has 2 aromatic heterocycles. The second kappa shape index (κ2) is 9.07. The van der Waals surface area contributed by atoms with Crippen molar-refractivity contribution in [2.75, 3.05) is 36.9 Å². The number of rotatable bonds is 7. The summed E-state index contributed by atoms with van der Waals surface area (Å²) in [5.74, 6) is 1.40. The Kier molecular flexibility index (Phi) is 5.75. The lowest BCUT2D eigenvalue weighted by Crippen LogP contribution is -2.48. The monoisotopic (exact) mass is 477 g/mol. The van der Waals surface area contributed by atoms with Crippen LogP contribution in [0.15, 0.2) is 24.5 Å². The van der Waals surface area contributed by atoms with Gasteiger partial charge >= 0.3 is 0 Å². The van der Waals surface area contributed by atoms with Crippen LogP contribution in [0.25, 0.3) is 0 Å². The van der Waals surface area contributed by atoms with Crippen molar-refractivity contribution >= 4 is 29.3 Å². The molecule has 1 spiro atoms. The number of pyridine rings is 1. The Labute approximate surface area is 204 Å². The minimum absolute atomic E-state index is 0.0443. The maximum atomic E-state index is 13.3. The number of nitrogens with one attached hydrogen (secondary N) is 2. The van der Waals surface area contributed by atoms with E-state index in [-0.39, 0.29) is 24.3 Å². The Balaban J connectivity index is 1.08. The standard InChI is InChI=1S/C25H31N7O3/c33-21-14-25(23(34)32(21)19-5-1-2-6-19)13-17-15-27-24(29-22(17)30-25)28-18-7-8-20(26-16-18)35-12-11-31-9-3-4-10-31/h7-8,15-16,19H,1-6,9-14H2,(H2,27,28,29,30). The minimum atomic E-state index is -0.926. The first kappa shape index (κ1) is 22.2. The Morgan fingerprint density at radius 1 is 1.06 bits per heavy atom. The molecule has 1 unspecified atom stereocenters. The van der Waals surface area contributed by atoms with Gasteiger partial charge in [0.2, 0.25) is 17.7 Å². The van der Waals surface area contributed by atoms with Crippen molar-refractivity contribution < 1.29 is 14.3 Å². The highest BCUT2D eigenvalue weighted by atomic mass is 16.5. The third-order valence-corrected chi connectivity index (χ3v) is 7.60. The van der Waals surface area contributed by atoms with Crippen LogP contribution in [0.4, 0.5) is 17.5 Å². The van der Waals surface area contributed by atoms with Gasteiger partial charge in [0, 0.05) is 36.8 Å². The summed E-state index contributed by atoms with van der Waals surface area (Å²) in [4.78, 5) is 43.4. The lowest BCUT2D eigenvalue weighted by atomic mass is 9.94. The summed E-state index contributed by atoms with van der Waals surface area (Å²) in [5, 5.41) is 6.45. The highest BCUT2D eigenvalue weighted by molar-refractivity contribution is 6.11. The molecule has 10 heteroatoms. The lowest BCUT2D eigenvalue weighted by molar-refractivity contribution is -0.142. The zero-order chi connectivity index (χ0) is 23.8. The van der Waals surface area contributed by atoms with Crippen LogP contribution in [0.1, 0.15) is 50.5 Å². The number of imide groups is 1. The molecule has 184 valence electrons. The molecule has 2 N–H and O–H groups in total. The fourth-order valence-electron chi connectivity index (χ4n) is 5.79. The van der Waals surface area contributed by atoms with E-state index in [2.05, 4.69) is 30.5 Å². The number of carbonyl (C=O) groups is 2. The number of ether oxygens (including phenoxy) is 1. The van der Waals surface area contributed by atoms with E-state index in [9.17, 15) is 9.59 Å². The largest absolute Gasteiger partial charge is 0.476 e. The molecular weight excluding hydrogens is 446 g/mol. The summed E-state index contributed by atoms with van der Waals surface area (Å²) in [6.07, 6.45) is 10.5. The minimum Gasteiger partial charge on any atom is -0.476 e. The van der Waals surface area contributed by atoms with Crippen molar-refractivity contribution in [1.29, 1.82) is 0 Å². The molecule has 0 radical (unpaired) electrons. The second-order valence-electron chi connectivity index (χ2n) is 10.0. The molecule has 10 nitrogen and oxygen atoms in total. The second-order valence-corrected chi connectivity index (χ2v) is 10.0. The van der Waals surface area contributed by atoms with Crippen LogP contribution >= 0.6 is 0 Å². The fourth-order valence-corrected chi connectivity index (χ4v) is 5.79.